The predicted octanol–water partition coefficient (Wildman–Crippen LogP) is 4.75. The van der Waals surface area contributed by atoms with Crippen LogP contribution in [0.5, 0.6) is 0 Å². The molecule has 2 heteroatoms. The maximum atomic E-state index is 11.9. The average Bonchev–Trinajstić information content (AvgIpc) is 2.44. The Bertz CT molecular complexity index is 534. The van der Waals surface area contributed by atoms with Crippen molar-refractivity contribution < 1.29 is 4.79 Å². The number of hydrogen-bond donors (Lipinski definition) is 0. The van der Waals surface area contributed by atoms with Gasteiger partial charge in [0, 0.05) is 16.9 Å². The van der Waals surface area contributed by atoms with E-state index < -0.39 is 0 Å². The van der Waals surface area contributed by atoms with Gasteiger partial charge in [-0.2, -0.15) is 0 Å². The average molecular weight is 270 g/mol. The van der Waals surface area contributed by atoms with Gasteiger partial charge < -0.3 is 0 Å². The molecule has 0 heterocycles. The van der Waals surface area contributed by atoms with E-state index in [1.165, 1.54) is 10.5 Å². The van der Waals surface area contributed by atoms with Crippen LogP contribution in [0.15, 0.2) is 59.5 Å². The van der Waals surface area contributed by atoms with Gasteiger partial charge in [0.25, 0.3) is 0 Å². The van der Waals surface area contributed by atoms with Crippen LogP contribution in [0, 0.1) is 6.92 Å². The lowest BCUT2D eigenvalue weighted by Crippen LogP contribution is -1.99. The molecule has 0 fully saturated rings. The lowest BCUT2D eigenvalue weighted by Gasteiger charge is -2.03. The van der Waals surface area contributed by atoms with Crippen molar-refractivity contribution in [1.82, 2.24) is 0 Å². The zero-order valence-electron chi connectivity index (χ0n) is 11.1. The fourth-order valence-electron chi connectivity index (χ4n) is 1.90. The highest BCUT2D eigenvalue weighted by molar-refractivity contribution is 7.99. The molecular formula is C17H18OS. The molecule has 2 rings (SSSR count). The summed E-state index contributed by atoms with van der Waals surface area (Å²) in [6.07, 6.45) is 1.55. The van der Waals surface area contributed by atoms with E-state index in [-0.39, 0.29) is 5.78 Å². The van der Waals surface area contributed by atoms with Gasteiger partial charge in [-0.25, -0.2) is 0 Å². The maximum Gasteiger partial charge on any atom is 0.162 e. The van der Waals surface area contributed by atoms with Crippen molar-refractivity contribution in [3.63, 3.8) is 0 Å². The zero-order chi connectivity index (χ0) is 13.5. The van der Waals surface area contributed by atoms with Crippen LogP contribution < -0.4 is 0 Å². The number of carbonyl (C=O) groups is 1. The molecule has 0 amide bonds. The largest absolute Gasteiger partial charge is 0.294 e. The van der Waals surface area contributed by atoms with E-state index in [0.717, 1.165) is 17.7 Å². The van der Waals surface area contributed by atoms with Crippen molar-refractivity contribution in [3.8, 4) is 0 Å². The fraction of sp³-hybridized carbons (Fsp3) is 0.235. The van der Waals surface area contributed by atoms with E-state index in [1.54, 1.807) is 0 Å². The highest BCUT2D eigenvalue weighted by Gasteiger charge is 2.04. The van der Waals surface area contributed by atoms with Crippen LogP contribution in [0.1, 0.15) is 28.8 Å². The van der Waals surface area contributed by atoms with Crippen molar-refractivity contribution in [1.29, 1.82) is 0 Å². The second kappa shape index (κ2) is 7.15. The Hall–Kier alpha value is -1.54. The Morgan fingerprint density at radius 3 is 2.58 bits per heavy atom. The number of carbonyl (C=O) groups excluding carboxylic acids is 1. The molecule has 0 aliphatic rings. The van der Waals surface area contributed by atoms with Gasteiger partial charge in [-0.1, -0.05) is 48.0 Å². The van der Waals surface area contributed by atoms with E-state index >= 15 is 0 Å². The third-order valence-corrected chi connectivity index (χ3v) is 3.98. The molecule has 0 unspecified atom stereocenters. The minimum atomic E-state index is 0.241. The lowest BCUT2D eigenvalue weighted by atomic mass is 10.1. The second-order valence-electron chi connectivity index (χ2n) is 4.56. The molecule has 0 radical (unpaired) electrons. The summed E-state index contributed by atoms with van der Waals surface area (Å²) in [6.45, 7) is 2.10. The highest BCUT2D eigenvalue weighted by atomic mass is 32.2. The summed E-state index contributed by atoms with van der Waals surface area (Å²) in [7, 11) is 0. The quantitative estimate of drug-likeness (QED) is 0.428. The van der Waals surface area contributed by atoms with Crippen LogP contribution in [-0.2, 0) is 0 Å². The first-order valence-corrected chi connectivity index (χ1v) is 7.52. The number of thioether (sulfide) groups is 1. The van der Waals surface area contributed by atoms with Gasteiger partial charge in [0.2, 0.25) is 0 Å². The van der Waals surface area contributed by atoms with Gasteiger partial charge in [0.05, 0.1) is 0 Å². The van der Waals surface area contributed by atoms with Gasteiger partial charge in [-0.15, -0.1) is 11.8 Å². The summed E-state index contributed by atoms with van der Waals surface area (Å²) in [6, 6.07) is 18.0. The first kappa shape index (κ1) is 13.9. The lowest BCUT2D eigenvalue weighted by molar-refractivity contribution is 0.0982. The van der Waals surface area contributed by atoms with E-state index in [4.69, 9.17) is 0 Å². The Labute approximate surface area is 119 Å². The molecule has 0 aliphatic heterocycles. The Kier molecular flexibility index (Phi) is 5.22. The molecule has 0 N–H and O–H groups in total. The minimum Gasteiger partial charge on any atom is -0.294 e. The Balaban J connectivity index is 1.74. The Morgan fingerprint density at radius 2 is 1.84 bits per heavy atom. The first-order valence-electron chi connectivity index (χ1n) is 6.53. The predicted molar refractivity (Wildman–Crippen MR) is 81.9 cm³/mol. The van der Waals surface area contributed by atoms with E-state index in [2.05, 4.69) is 31.2 Å². The summed E-state index contributed by atoms with van der Waals surface area (Å²) < 4.78 is 0. The van der Waals surface area contributed by atoms with Crippen LogP contribution in [0.3, 0.4) is 0 Å². The van der Waals surface area contributed by atoms with Gasteiger partial charge >= 0.3 is 0 Å². The third kappa shape index (κ3) is 4.56. The minimum absolute atomic E-state index is 0.241. The highest BCUT2D eigenvalue weighted by Crippen LogP contribution is 2.20. The van der Waals surface area contributed by atoms with Gasteiger partial charge in [0.15, 0.2) is 5.78 Å². The first-order chi connectivity index (χ1) is 9.25. The standard InChI is InChI=1S/C17H18OS/c1-14-7-5-10-16(13-14)19-12-6-11-17(18)15-8-3-2-4-9-15/h2-5,7-10,13H,6,11-12H2,1H3. The molecule has 0 atom stereocenters. The van der Waals surface area contributed by atoms with Crippen molar-refractivity contribution >= 4 is 17.5 Å². The number of benzene rings is 2. The topological polar surface area (TPSA) is 17.1 Å². The number of aryl methyl sites for hydroxylation is 1. The maximum absolute atomic E-state index is 11.9. The fourth-order valence-corrected chi connectivity index (χ4v) is 2.86. The smallest absolute Gasteiger partial charge is 0.162 e. The SMILES string of the molecule is Cc1cccc(SCCCC(=O)c2ccccc2)c1. The molecule has 0 saturated heterocycles. The summed E-state index contributed by atoms with van der Waals surface area (Å²) >= 11 is 1.82. The number of hydrogen-bond acceptors (Lipinski definition) is 2. The third-order valence-electron chi connectivity index (χ3n) is 2.90. The van der Waals surface area contributed by atoms with Gasteiger partial charge in [-0.05, 0) is 31.2 Å². The summed E-state index contributed by atoms with van der Waals surface area (Å²) in [5.41, 5.74) is 2.11. The summed E-state index contributed by atoms with van der Waals surface area (Å²) in [4.78, 5) is 13.2. The van der Waals surface area contributed by atoms with Crippen LogP contribution in [-0.4, -0.2) is 11.5 Å². The zero-order valence-corrected chi connectivity index (χ0v) is 12.0. The van der Waals surface area contributed by atoms with Gasteiger partial charge in [0.1, 0.15) is 0 Å². The van der Waals surface area contributed by atoms with Gasteiger partial charge in [-0.3, -0.25) is 4.79 Å². The molecular weight excluding hydrogens is 252 g/mol. The molecule has 0 bridgehead atoms. The molecule has 1 nitrogen and oxygen atoms in total. The van der Waals surface area contributed by atoms with E-state index in [1.807, 2.05) is 42.1 Å². The molecule has 0 aliphatic carbocycles. The Morgan fingerprint density at radius 1 is 1.05 bits per heavy atom. The molecule has 2 aromatic carbocycles. The van der Waals surface area contributed by atoms with Crippen LogP contribution in [0.2, 0.25) is 0 Å². The van der Waals surface area contributed by atoms with Crippen molar-refractivity contribution in [2.75, 3.05) is 5.75 Å². The molecule has 19 heavy (non-hydrogen) atoms. The van der Waals surface area contributed by atoms with Crippen LogP contribution >= 0.6 is 11.8 Å². The number of rotatable bonds is 6. The van der Waals surface area contributed by atoms with Crippen molar-refractivity contribution in [2.24, 2.45) is 0 Å². The summed E-state index contributed by atoms with van der Waals surface area (Å²) in [5.74, 6) is 1.23. The number of ketones is 1. The monoisotopic (exact) mass is 270 g/mol. The molecule has 0 aromatic heterocycles. The molecule has 2 aromatic rings. The second-order valence-corrected chi connectivity index (χ2v) is 5.73. The van der Waals surface area contributed by atoms with E-state index in [9.17, 15) is 4.79 Å². The normalized spacial score (nSPS) is 10.4. The molecule has 0 spiro atoms. The van der Waals surface area contributed by atoms with Crippen LogP contribution in [0.4, 0.5) is 0 Å². The molecule has 98 valence electrons. The number of Topliss-reactive ketones (excluding diaryl/α,β-unsaturated/α-hetero) is 1. The van der Waals surface area contributed by atoms with Crippen LogP contribution in [0.25, 0.3) is 0 Å². The summed E-state index contributed by atoms with van der Waals surface area (Å²) in [5, 5.41) is 0. The molecule has 0 saturated carbocycles. The van der Waals surface area contributed by atoms with Crippen molar-refractivity contribution in [3.05, 3.63) is 65.7 Å². The van der Waals surface area contributed by atoms with Crippen molar-refractivity contribution in [2.45, 2.75) is 24.7 Å². The van der Waals surface area contributed by atoms with E-state index in [0.29, 0.717) is 6.42 Å².